The van der Waals surface area contributed by atoms with Crippen molar-refractivity contribution in [1.82, 2.24) is 10.4 Å². The van der Waals surface area contributed by atoms with Gasteiger partial charge in [-0.1, -0.05) is 30.1 Å². The predicted octanol–water partition coefficient (Wildman–Crippen LogP) is 3.34. The van der Waals surface area contributed by atoms with Gasteiger partial charge in [0.05, 0.1) is 15.7 Å². The van der Waals surface area contributed by atoms with E-state index in [-0.39, 0.29) is 10.7 Å². The first kappa shape index (κ1) is 13.3. The number of alkyl halides is 3. The Bertz CT molecular complexity index is 382. The molecule has 90 valence electrons. The topological polar surface area (TPSA) is 37.0 Å². The minimum Gasteiger partial charge on any atom is -0.319 e. The highest BCUT2D eigenvalue weighted by molar-refractivity contribution is 6.39. The van der Waals surface area contributed by atoms with Crippen molar-refractivity contribution < 1.29 is 13.2 Å². The van der Waals surface area contributed by atoms with Crippen LogP contribution in [0, 0.1) is 0 Å². The first-order valence-corrected chi connectivity index (χ1v) is 5.03. The smallest absolute Gasteiger partial charge is 0.319 e. The van der Waals surface area contributed by atoms with E-state index in [1.54, 1.807) is 6.92 Å². The van der Waals surface area contributed by atoms with Crippen molar-refractivity contribution in [3.63, 3.8) is 0 Å². The van der Waals surface area contributed by atoms with Crippen molar-refractivity contribution in [2.24, 2.45) is 0 Å². The van der Waals surface area contributed by atoms with Gasteiger partial charge in [0.1, 0.15) is 0 Å². The molecule has 0 fully saturated rings. The Labute approximate surface area is 99.9 Å². The molecule has 8 heteroatoms. The summed E-state index contributed by atoms with van der Waals surface area (Å²) in [5.41, 5.74) is 3.90. The monoisotopic (exact) mass is 273 g/mol. The Balaban J connectivity index is 3.16. The molecule has 0 unspecified atom stereocenters. The average Bonchev–Trinajstić information content (AvgIpc) is 2.15. The lowest BCUT2D eigenvalue weighted by atomic mass is 10.3. The molecule has 0 aliphatic rings. The van der Waals surface area contributed by atoms with E-state index < -0.39 is 16.9 Å². The molecule has 1 aromatic heterocycles. The maximum Gasteiger partial charge on any atom is 0.434 e. The molecule has 0 saturated carbocycles. The molecular formula is C8H8Cl2F3N3. The van der Waals surface area contributed by atoms with Crippen LogP contribution >= 0.6 is 23.2 Å². The molecule has 0 aliphatic heterocycles. The van der Waals surface area contributed by atoms with Crippen molar-refractivity contribution in [2.75, 3.05) is 12.0 Å². The zero-order valence-corrected chi connectivity index (χ0v) is 9.63. The highest BCUT2D eigenvalue weighted by Gasteiger charge is 2.36. The molecule has 3 nitrogen and oxygen atoms in total. The molecule has 2 N–H and O–H groups in total. The Morgan fingerprint density at radius 3 is 2.50 bits per heavy atom. The van der Waals surface area contributed by atoms with Crippen LogP contribution in [-0.4, -0.2) is 11.5 Å². The maximum absolute atomic E-state index is 12.4. The van der Waals surface area contributed by atoms with E-state index in [0.29, 0.717) is 6.54 Å². The third kappa shape index (κ3) is 2.90. The summed E-state index contributed by atoms with van der Waals surface area (Å²) in [7, 11) is 0. The van der Waals surface area contributed by atoms with Gasteiger partial charge in [0.15, 0.2) is 5.69 Å². The van der Waals surface area contributed by atoms with Gasteiger partial charge in [0.25, 0.3) is 0 Å². The molecule has 0 aromatic carbocycles. The molecule has 0 spiro atoms. The van der Waals surface area contributed by atoms with E-state index in [4.69, 9.17) is 23.2 Å². The van der Waals surface area contributed by atoms with Crippen LogP contribution in [0.4, 0.5) is 18.9 Å². The van der Waals surface area contributed by atoms with Gasteiger partial charge in [0, 0.05) is 12.7 Å². The molecular weight excluding hydrogens is 266 g/mol. The lowest BCUT2D eigenvalue weighted by Crippen LogP contribution is -2.22. The zero-order chi connectivity index (χ0) is 12.3. The van der Waals surface area contributed by atoms with Crippen LogP contribution in [0.25, 0.3) is 0 Å². The summed E-state index contributed by atoms with van der Waals surface area (Å²) in [5, 5.41) is -0.542. The summed E-state index contributed by atoms with van der Waals surface area (Å²) in [4.78, 5) is 3.16. The van der Waals surface area contributed by atoms with Crippen LogP contribution in [0.5, 0.6) is 0 Å². The van der Waals surface area contributed by atoms with Crippen LogP contribution in [0.1, 0.15) is 12.6 Å². The molecule has 0 bridgehead atoms. The fourth-order valence-electron chi connectivity index (χ4n) is 0.955. The van der Waals surface area contributed by atoms with Crippen molar-refractivity contribution in [3.8, 4) is 0 Å². The number of hydrogen-bond donors (Lipinski definition) is 2. The van der Waals surface area contributed by atoms with Gasteiger partial charge >= 0.3 is 6.18 Å². The molecule has 0 amide bonds. The largest absolute Gasteiger partial charge is 0.434 e. The van der Waals surface area contributed by atoms with E-state index >= 15 is 0 Å². The SMILES string of the molecule is CCNNc1c(Cl)cnc(C(F)(F)F)c1Cl. The standard InChI is InChI=1S/C8H8Cl2F3N3/c1-2-15-16-6-4(9)3-14-7(5(6)10)8(11,12)13/h3,15H,2H2,1H3,(H,14,16). The molecule has 0 radical (unpaired) electrons. The normalized spacial score (nSPS) is 11.6. The highest BCUT2D eigenvalue weighted by atomic mass is 35.5. The maximum atomic E-state index is 12.4. The number of hydrogen-bond acceptors (Lipinski definition) is 3. The van der Waals surface area contributed by atoms with Crippen molar-refractivity contribution in [2.45, 2.75) is 13.1 Å². The van der Waals surface area contributed by atoms with Gasteiger partial charge in [-0.2, -0.15) is 13.2 Å². The fourth-order valence-corrected chi connectivity index (χ4v) is 1.50. The second kappa shape index (κ2) is 5.07. The van der Waals surface area contributed by atoms with E-state index in [1.165, 1.54) is 0 Å². The first-order valence-electron chi connectivity index (χ1n) is 4.28. The lowest BCUT2D eigenvalue weighted by molar-refractivity contribution is -0.141. The molecule has 1 aromatic rings. The fraction of sp³-hybridized carbons (Fsp3) is 0.375. The molecule has 0 aliphatic carbocycles. The van der Waals surface area contributed by atoms with Crippen molar-refractivity contribution in [1.29, 1.82) is 0 Å². The van der Waals surface area contributed by atoms with Crippen LogP contribution < -0.4 is 10.9 Å². The lowest BCUT2D eigenvalue weighted by Gasteiger charge is -2.14. The Morgan fingerprint density at radius 2 is 2.00 bits per heavy atom. The Morgan fingerprint density at radius 1 is 1.38 bits per heavy atom. The van der Waals surface area contributed by atoms with Crippen molar-refractivity contribution in [3.05, 3.63) is 21.9 Å². The first-order chi connectivity index (χ1) is 7.38. The summed E-state index contributed by atoms with van der Waals surface area (Å²) < 4.78 is 37.3. The molecule has 1 rings (SSSR count). The van der Waals surface area contributed by atoms with Crippen LogP contribution in [0.15, 0.2) is 6.20 Å². The van der Waals surface area contributed by atoms with Gasteiger partial charge in [-0.15, -0.1) is 0 Å². The van der Waals surface area contributed by atoms with Crippen LogP contribution in [-0.2, 0) is 6.18 Å². The second-order valence-electron chi connectivity index (χ2n) is 2.80. The number of halogens is 5. The molecule has 1 heterocycles. The van der Waals surface area contributed by atoms with E-state index in [2.05, 4.69) is 15.8 Å². The van der Waals surface area contributed by atoms with Gasteiger partial charge < -0.3 is 5.43 Å². The zero-order valence-electron chi connectivity index (χ0n) is 8.12. The summed E-state index contributed by atoms with van der Waals surface area (Å²) in [6, 6.07) is 0. The number of pyridine rings is 1. The van der Waals surface area contributed by atoms with E-state index in [1.807, 2.05) is 0 Å². The summed E-state index contributed by atoms with van der Waals surface area (Å²) >= 11 is 11.2. The number of aromatic nitrogens is 1. The number of hydrazine groups is 1. The number of anilines is 1. The number of nitrogens with zero attached hydrogens (tertiary/aromatic N) is 1. The Hall–Kier alpha value is -0.720. The molecule has 0 saturated heterocycles. The van der Waals surface area contributed by atoms with Gasteiger partial charge in [-0.25, -0.2) is 10.4 Å². The third-order valence-electron chi connectivity index (χ3n) is 1.63. The predicted molar refractivity (Wildman–Crippen MR) is 56.6 cm³/mol. The summed E-state index contributed by atoms with van der Waals surface area (Å²) in [5.74, 6) is 0. The van der Waals surface area contributed by atoms with Gasteiger partial charge in [-0.3, -0.25) is 0 Å². The third-order valence-corrected chi connectivity index (χ3v) is 2.29. The quantitative estimate of drug-likeness (QED) is 0.830. The summed E-state index contributed by atoms with van der Waals surface area (Å²) in [6.07, 6.45) is -3.71. The number of nitrogens with one attached hydrogen (secondary N) is 2. The highest BCUT2D eigenvalue weighted by Crippen LogP contribution is 2.39. The van der Waals surface area contributed by atoms with Crippen molar-refractivity contribution >= 4 is 28.9 Å². The van der Waals surface area contributed by atoms with E-state index in [0.717, 1.165) is 6.20 Å². The Kier molecular flexibility index (Phi) is 4.23. The minimum atomic E-state index is -4.61. The second-order valence-corrected chi connectivity index (χ2v) is 3.58. The van der Waals surface area contributed by atoms with Crippen LogP contribution in [0.2, 0.25) is 10.0 Å². The van der Waals surface area contributed by atoms with Crippen LogP contribution in [0.3, 0.4) is 0 Å². The summed E-state index contributed by atoms with van der Waals surface area (Å²) in [6.45, 7) is 2.26. The molecule has 0 atom stereocenters. The van der Waals surface area contributed by atoms with Gasteiger partial charge in [-0.05, 0) is 0 Å². The molecule has 16 heavy (non-hydrogen) atoms. The van der Waals surface area contributed by atoms with E-state index in [9.17, 15) is 13.2 Å². The average molecular weight is 274 g/mol. The van der Waals surface area contributed by atoms with Gasteiger partial charge in [0.2, 0.25) is 0 Å². The number of rotatable bonds is 3. The minimum absolute atomic E-state index is 0.0129.